The average Bonchev–Trinajstić information content (AvgIpc) is 3.49. The van der Waals surface area contributed by atoms with Gasteiger partial charge in [-0.25, -0.2) is 9.78 Å². The van der Waals surface area contributed by atoms with Gasteiger partial charge in [-0.1, -0.05) is 30.3 Å². The Hall–Kier alpha value is -3.81. The number of anilines is 1. The van der Waals surface area contributed by atoms with E-state index in [1.807, 2.05) is 59.5 Å². The molecular formula is C23H23N7O. The van der Waals surface area contributed by atoms with Crippen LogP contribution in [0.5, 0.6) is 0 Å². The van der Waals surface area contributed by atoms with Crippen LogP contribution in [-0.2, 0) is 12.8 Å². The Morgan fingerprint density at radius 1 is 0.968 bits per heavy atom. The Bertz CT molecular complexity index is 1200. The van der Waals surface area contributed by atoms with Gasteiger partial charge in [-0.3, -0.25) is 5.32 Å². The number of pyridine rings is 1. The second kappa shape index (κ2) is 8.51. The zero-order chi connectivity index (χ0) is 21.0. The molecule has 1 aliphatic rings. The maximum Gasteiger partial charge on any atom is 0.323 e. The second-order valence-corrected chi connectivity index (χ2v) is 7.64. The molecule has 0 bridgehead atoms. The number of likely N-dealkylation sites (tertiary alicyclic amines) is 1. The van der Waals surface area contributed by atoms with Crippen LogP contribution in [0.1, 0.15) is 24.2 Å². The summed E-state index contributed by atoms with van der Waals surface area (Å²) < 4.78 is 1.81. The van der Waals surface area contributed by atoms with Crippen molar-refractivity contribution in [1.29, 1.82) is 0 Å². The van der Waals surface area contributed by atoms with Crippen LogP contribution >= 0.6 is 0 Å². The number of urea groups is 1. The number of rotatable bonds is 5. The van der Waals surface area contributed by atoms with Crippen LogP contribution in [0.3, 0.4) is 0 Å². The van der Waals surface area contributed by atoms with Crippen molar-refractivity contribution >= 4 is 17.5 Å². The Labute approximate surface area is 179 Å². The van der Waals surface area contributed by atoms with Gasteiger partial charge in [0.2, 0.25) is 0 Å². The van der Waals surface area contributed by atoms with E-state index >= 15 is 0 Å². The first-order chi connectivity index (χ1) is 15.3. The van der Waals surface area contributed by atoms with E-state index in [4.69, 9.17) is 5.10 Å². The third-order valence-electron chi connectivity index (χ3n) is 5.49. The average molecular weight is 413 g/mol. The Morgan fingerprint density at radius 3 is 2.65 bits per heavy atom. The fourth-order valence-electron chi connectivity index (χ4n) is 3.82. The SMILES string of the molecule is O=C(Nc1cc(CCc2nnc3ccc(-c4ccccc4)nn23)ccn1)N1CCCC1. The van der Waals surface area contributed by atoms with Crippen LogP contribution in [-0.4, -0.2) is 48.8 Å². The van der Waals surface area contributed by atoms with E-state index in [0.29, 0.717) is 12.2 Å². The third-order valence-corrected chi connectivity index (χ3v) is 5.49. The molecule has 1 saturated heterocycles. The number of carbonyl (C=O) groups is 1. The minimum atomic E-state index is -0.0803. The van der Waals surface area contributed by atoms with Gasteiger partial charge in [-0.2, -0.15) is 9.61 Å². The monoisotopic (exact) mass is 413 g/mol. The second-order valence-electron chi connectivity index (χ2n) is 7.64. The number of fused-ring (bicyclic) bond motifs is 1. The molecule has 2 amide bonds. The molecule has 1 aromatic carbocycles. The zero-order valence-corrected chi connectivity index (χ0v) is 17.1. The Kier molecular flexibility index (Phi) is 5.26. The van der Waals surface area contributed by atoms with Gasteiger partial charge in [0.05, 0.1) is 5.69 Å². The molecule has 0 atom stereocenters. The lowest BCUT2D eigenvalue weighted by molar-refractivity contribution is 0.222. The van der Waals surface area contributed by atoms with Crippen molar-refractivity contribution in [2.24, 2.45) is 0 Å². The first kappa shape index (κ1) is 19.2. The molecule has 0 unspecified atom stereocenters. The molecule has 31 heavy (non-hydrogen) atoms. The van der Waals surface area contributed by atoms with Crippen molar-refractivity contribution < 1.29 is 4.79 Å². The molecule has 1 fully saturated rings. The molecule has 8 heteroatoms. The molecule has 0 aliphatic carbocycles. The van der Waals surface area contributed by atoms with E-state index in [9.17, 15) is 4.79 Å². The van der Waals surface area contributed by atoms with Gasteiger partial charge < -0.3 is 4.90 Å². The van der Waals surface area contributed by atoms with Gasteiger partial charge in [0.15, 0.2) is 11.5 Å². The lowest BCUT2D eigenvalue weighted by Crippen LogP contribution is -2.32. The predicted octanol–water partition coefficient (Wildman–Crippen LogP) is 3.60. The van der Waals surface area contributed by atoms with E-state index in [-0.39, 0.29) is 6.03 Å². The number of benzene rings is 1. The molecule has 3 aromatic heterocycles. The first-order valence-electron chi connectivity index (χ1n) is 10.5. The van der Waals surface area contributed by atoms with Crippen LogP contribution in [0.15, 0.2) is 60.8 Å². The van der Waals surface area contributed by atoms with E-state index in [0.717, 1.165) is 60.6 Å². The maximum absolute atomic E-state index is 12.3. The molecular weight excluding hydrogens is 390 g/mol. The summed E-state index contributed by atoms with van der Waals surface area (Å²) in [6, 6.07) is 17.7. The molecule has 1 N–H and O–H groups in total. The van der Waals surface area contributed by atoms with Crippen LogP contribution < -0.4 is 5.32 Å². The highest BCUT2D eigenvalue weighted by Gasteiger charge is 2.18. The smallest absolute Gasteiger partial charge is 0.323 e. The van der Waals surface area contributed by atoms with E-state index < -0.39 is 0 Å². The van der Waals surface area contributed by atoms with Crippen LogP contribution in [0, 0.1) is 0 Å². The van der Waals surface area contributed by atoms with Crippen LogP contribution in [0.25, 0.3) is 16.9 Å². The summed E-state index contributed by atoms with van der Waals surface area (Å²) in [5.41, 5.74) is 3.73. The number of carbonyl (C=O) groups excluding carboxylic acids is 1. The molecule has 0 spiro atoms. The van der Waals surface area contributed by atoms with Crippen molar-refractivity contribution in [3.05, 3.63) is 72.2 Å². The minimum Gasteiger partial charge on any atom is -0.324 e. The fourth-order valence-corrected chi connectivity index (χ4v) is 3.82. The highest BCUT2D eigenvalue weighted by molar-refractivity contribution is 5.88. The predicted molar refractivity (Wildman–Crippen MR) is 118 cm³/mol. The molecule has 0 radical (unpaired) electrons. The highest BCUT2D eigenvalue weighted by Crippen LogP contribution is 2.18. The number of nitrogens with zero attached hydrogens (tertiary/aromatic N) is 6. The number of amides is 2. The van der Waals surface area contributed by atoms with Crippen molar-refractivity contribution in [2.75, 3.05) is 18.4 Å². The molecule has 1 aliphatic heterocycles. The third kappa shape index (κ3) is 4.23. The van der Waals surface area contributed by atoms with Crippen molar-refractivity contribution in [1.82, 2.24) is 29.7 Å². The summed E-state index contributed by atoms with van der Waals surface area (Å²) in [5.74, 6) is 1.37. The Morgan fingerprint density at radius 2 is 1.81 bits per heavy atom. The van der Waals surface area contributed by atoms with Crippen LogP contribution in [0.2, 0.25) is 0 Å². The summed E-state index contributed by atoms with van der Waals surface area (Å²) in [7, 11) is 0. The summed E-state index contributed by atoms with van der Waals surface area (Å²) in [4.78, 5) is 18.4. The van der Waals surface area contributed by atoms with Gasteiger partial charge >= 0.3 is 6.03 Å². The Balaban J connectivity index is 1.30. The lowest BCUT2D eigenvalue weighted by atomic mass is 10.1. The number of nitrogens with one attached hydrogen (secondary N) is 1. The highest BCUT2D eigenvalue weighted by atomic mass is 16.2. The topological polar surface area (TPSA) is 88.3 Å². The fraction of sp³-hybridized carbons (Fsp3) is 0.261. The summed E-state index contributed by atoms with van der Waals surface area (Å²) in [6.45, 7) is 1.62. The summed E-state index contributed by atoms with van der Waals surface area (Å²) >= 11 is 0. The van der Waals surface area contributed by atoms with Gasteiger partial charge in [0.25, 0.3) is 0 Å². The molecule has 4 heterocycles. The molecule has 0 saturated carbocycles. The molecule has 8 nitrogen and oxygen atoms in total. The number of aryl methyl sites for hydroxylation is 2. The summed E-state index contributed by atoms with van der Waals surface area (Å²) in [5, 5.41) is 16.2. The van der Waals surface area contributed by atoms with E-state index in [1.54, 1.807) is 10.7 Å². The van der Waals surface area contributed by atoms with Gasteiger partial charge in [0, 0.05) is 31.3 Å². The normalized spacial score (nSPS) is 13.6. The van der Waals surface area contributed by atoms with E-state index in [1.165, 1.54) is 0 Å². The lowest BCUT2D eigenvalue weighted by Gasteiger charge is -2.15. The van der Waals surface area contributed by atoms with Gasteiger partial charge in [-0.15, -0.1) is 10.2 Å². The zero-order valence-electron chi connectivity index (χ0n) is 17.1. The maximum atomic E-state index is 12.3. The number of hydrogen-bond donors (Lipinski definition) is 1. The number of hydrogen-bond acceptors (Lipinski definition) is 5. The summed E-state index contributed by atoms with van der Waals surface area (Å²) in [6.07, 6.45) is 5.27. The molecule has 4 aromatic rings. The molecule has 5 rings (SSSR count). The molecule has 156 valence electrons. The van der Waals surface area contributed by atoms with Crippen molar-refractivity contribution in [3.63, 3.8) is 0 Å². The van der Waals surface area contributed by atoms with Gasteiger partial charge in [0.1, 0.15) is 5.82 Å². The quantitative estimate of drug-likeness (QED) is 0.540. The standard InChI is InChI=1S/C23H23N7O/c31-23(29-14-4-5-15-29)25-20-16-17(12-13-24-20)8-10-21-26-27-22-11-9-19(28-30(21)22)18-6-2-1-3-7-18/h1-3,6-7,9,11-13,16H,4-5,8,10,14-15H2,(H,24,25,31). The van der Waals surface area contributed by atoms with Gasteiger partial charge in [-0.05, 0) is 49.1 Å². The van der Waals surface area contributed by atoms with E-state index in [2.05, 4.69) is 20.5 Å². The van der Waals surface area contributed by atoms with Crippen molar-refractivity contribution in [3.8, 4) is 11.3 Å². The largest absolute Gasteiger partial charge is 0.324 e. The van der Waals surface area contributed by atoms with Crippen molar-refractivity contribution in [2.45, 2.75) is 25.7 Å². The minimum absolute atomic E-state index is 0.0803. The first-order valence-corrected chi connectivity index (χ1v) is 10.5. The van der Waals surface area contributed by atoms with Crippen LogP contribution in [0.4, 0.5) is 10.6 Å². The number of aromatic nitrogens is 5.